The number of fused-ring (bicyclic) bond motifs is 1. The Kier molecular flexibility index (Phi) is 4.65. The van der Waals surface area contributed by atoms with Gasteiger partial charge in [0.1, 0.15) is 17.6 Å². The number of nitrogens with one attached hydrogen (secondary N) is 1. The van der Waals surface area contributed by atoms with Crippen LogP contribution in [0.5, 0.6) is 11.5 Å². The molecule has 124 valence electrons. The zero-order valence-corrected chi connectivity index (χ0v) is 13.0. The van der Waals surface area contributed by atoms with Gasteiger partial charge in [0.2, 0.25) is 5.91 Å². The Bertz CT molecular complexity index is 735. The predicted octanol–water partition coefficient (Wildman–Crippen LogP) is 1.28. The van der Waals surface area contributed by atoms with E-state index in [0.717, 1.165) is 17.7 Å². The molecule has 6 nitrogen and oxygen atoms in total. The first kappa shape index (κ1) is 15.9. The van der Waals surface area contributed by atoms with Gasteiger partial charge in [-0.05, 0) is 29.8 Å². The topological polar surface area (TPSA) is 90.7 Å². The summed E-state index contributed by atoms with van der Waals surface area (Å²) in [6.07, 6.45) is 0.711. The molecule has 1 aliphatic heterocycles. The number of nitrogens with two attached hydrogens (primary N) is 1. The maximum absolute atomic E-state index is 11.9. The highest BCUT2D eigenvalue weighted by molar-refractivity contribution is 5.93. The van der Waals surface area contributed by atoms with Crippen molar-refractivity contribution in [3.8, 4) is 11.5 Å². The average Bonchev–Trinajstić information content (AvgIpc) is 3.01. The minimum atomic E-state index is -0.539. The van der Waals surface area contributed by atoms with Crippen LogP contribution in [0.15, 0.2) is 48.5 Å². The fourth-order valence-corrected chi connectivity index (χ4v) is 2.53. The molecule has 0 aliphatic carbocycles. The van der Waals surface area contributed by atoms with E-state index in [1.165, 1.54) is 6.07 Å². The Morgan fingerprint density at radius 2 is 2.04 bits per heavy atom. The number of rotatable bonds is 6. The Labute approximate surface area is 139 Å². The highest BCUT2D eigenvalue weighted by atomic mass is 16.5. The Balaban J connectivity index is 1.44. The average molecular weight is 326 g/mol. The molecule has 1 atom stereocenters. The molecule has 1 aliphatic rings. The van der Waals surface area contributed by atoms with E-state index in [2.05, 4.69) is 5.32 Å². The molecule has 3 N–H and O–H groups in total. The predicted molar refractivity (Wildman–Crippen MR) is 88.0 cm³/mol. The van der Waals surface area contributed by atoms with E-state index in [4.69, 9.17) is 15.2 Å². The summed E-state index contributed by atoms with van der Waals surface area (Å²) in [6.45, 7) is 0.278. The van der Waals surface area contributed by atoms with Crippen LogP contribution in [0.2, 0.25) is 0 Å². The van der Waals surface area contributed by atoms with Crippen LogP contribution >= 0.6 is 0 Å². The van der Waals surface area contributed by atoms with E-state index in [1.54, 1.807) is 18.2 Å². The lowest BCUT2D eigenvalue weighted by Gasteiger charge is -2.12. The van der Waals surface area contributed by atoms with E-state index in [1.807, 2.05) is 24.3 Å². The second-order valence-corrected chi connectivity index (χ2v) is 5.54. The van der Waals surface area contributed by atoms with Gasteiger partial charge in [-0.15, -0.1) is 0 Å². The number of para-hydroxylation sites is 1. The summed E-state index contributed by atoms with van der Waals surface area (Å²) in [5.74, 6) is 0.504. The van der Waals surface area contributed by atoms with Gasteiger partial charge < -0.3 is 20.5 Å². The first-order valence-electron chi connectivity index (χ1n) is 7.66. The van der Waals surface area contributed by atoms with Crippen molar-refractivity contribution in [3.63, 3.8) is 0 Å². The fourth-order valence-electron chi connectivity index (χ4n) is 2.53. The third kappa shape index (κ3) is 3.84. The molecule has 2 aromatic rings. The first-order chi connectivity index (χ1) is 11.6. The summed E-state index contributed by atoms with van der Waals surface area (Å²) < 4.78 is 11.1. The van der Waals surface area contributed by atoms with Gasteiger partial charge in [0, 0.05) is 12.0 Å². The van der Waals surface area contributed by atoms with Crippen LogP contribution < -0.4 is 20.5 Å². The quantitative estimate of drug-likeness (QED) is 0.837. The molecule has 0 aromatic heterocycles. The van der Waals surface area contributed by atoms with Crippen LogP contribution in [0.25, 0.3) is 0 Å². The molecule has 0 spiro atoms. The van der Waals surface area contributed by atoms with Gasteiger partial charge in [-0.1, -0.05) is 24.3 Å². The first-order valence-corrected chi connectivity index (χ1v) is 7.66. The molecule has 1 heterocycles. The summed E-state index contributed by atoms with van der Waals surface area (Å²) in [7, 11) is 0. The molecule has 6 heteroatoms. The van der Waals surface area contributed by atoms with Crippen molar-refractivity contribution in [2.75, 3.05) is 13.2 Å². The standard InChI is InChI=1S/C18H18N2O4/c19-18(22)13-5-3-6-14(9-13)23-11-17(21)20-10-15-8-12-4-1-2-7-16(12)24-15/h1-7,9,15H,8,10-11H2,(H2,19,22)(H,20,21)/t15-/m1/s1. The van der Waals surface area contributed by atoms with Crippen LogP contribution in [0.4, 0.5) is 0 Å². The van der Waals surface area contributed by atoms with Crippen LogP contribution in [-0.4, -0.2) is 31.1 Å². The molecule has 0 saturated heterocycles. The number of primary amides is 1. The summed E-state index contributed by atoms with van der Waals surface area (Å²) in [6, 6.07) is 14.2. The largest absolute Gasteiger partial charge is 0.488 e. The van der Waals surface area contributed by atoms with Gasteiger partial charge in [-0.3, -0.25) is 9.59 Å². The Morgan fingerprint density at radius 3 is 2.83 bits per heavy atom. The summed E-state index contributed by atoms with van der Waals surface area (Å²) in [4.78, 5) is 23.0. The molecular formula is C18H18N2O4. The number of benzene rings is 2. The normalized spacial score (nSPS) is 15.2. The molecule has 0 bridgehead atoms. The lowest BCUT2D eigenvalue weighted by atomic mass is 10.1. The minimum absolute atomic E-state index is 0.0652. The van der Waals surface area contributed by atoms with E-state index in [-0.39, 0.29) is 18.6 Å². The number of carbonyl (C=O) groups excluding carboxylic acids is 2. The van der Waals surface area contributed by atoms with Crippen molar-refractivity contribution < 1.29 is 19.1 Å². The number of ether oxygens (including phenoxy) is 2. The molecular weight excluding hydrogens is 308 g/mol. The number of carbonyl (C=O) groups is 2. The van der Waals surface area contributed by atoms with Crippen molar-refractivity contribution in [1.29, 1.82) is 0 Å². The molecule has 24 heavy (non-hydrogen) atoms. The molecule has 2 aromatic carbocycles. The van der Waals surface area contributed by atoms with Crippen molar-refractivity contribution in [2.45, 2.75) is 12.5 Å². The third-order valence-corrected chi connectivity index (χ3v) is 3.73. The molecule has 0 radical (unpaired) electrons. The van der Waals surface area contributed by atoms with Crippen LogP contribution in [0, 0.1) is 0 Å². The maximum Gasteiger partial charge on any atom is 0.258 e. The fraction of sp³-hybridized carbons (Fsp3) is 0.222. The zero-order chi connectivity index (χ0) is 16.9. The lowest BCUT2D eigenvalue weighted by Crippen LogP contribution is -2.37. The van der Waals surface area contributed by atoms with Gasteiger partial charge >= 0.3 is 0 Å². The van der Waals surface area contributed by atoms with Crippen molar-refractivity contribution in [2.24, 2.45) is 5.73 Å². The van der Waals surface area contributed by atoms with E-state index in [0.29, 0.717) is 17.9 Å². The summed E-state index contributed by atoms with van der Waals surface area (Å²) >= 11 is 0. The SMILES string of the molecule is NC(=O)c1cccc(OCC(=O)NC[C@H]2Cc3ccccc3O2)c1. The third-order valence-electron chi connectivity index (χ3n) is 3.73. The van der Waals surface area contributed by atoms with Gasteiger partial charge in [-0.25, -0.2) is 0 Å². The lowest BCUT2D eigenvalue weighted by molar-refractivity contribution is -0.123. The summed E-state index contributed by atoms with van der Waals surface area (Å²) in [5.41, 5.74) is 6.69. The number of hydrogen-bond donors (Lipinski definition) is 2. The maximum atomic E-state index is 11.9. The highest BCUT2D eigenvalue weighted by Gasteiger charge is 2.22. The summed E-state index contributed by atoms with van der Waals surface area (Å²) in [5, 5.41) is 2.79. The molecule has 0 unspecified atom stereocenters. The van der Waals surface area contributed by atoms with Crippen molar-refractivity contribution in [3.05, 3.63) is 59.7 Å². The zero-order valence-electron chi connectivity index (χ0n) is 13.0. The van der Waals surface area contributed by atoms with E-state index >= 15 is 0 Å². The Hall–Kier alpha value is -3.02. The second kappa shape index (κ2) is 7.04. The van der Waals surface area contributed by atoms with Crippen LogP contribution in [0.3, 0.4) is 0 Å². The van der Waals surface area contributed by atoms with Crippen molar-refractivity contribution >= 4 is 11.8 Å². The Morgan fingerprint density at radius 1 is 1.21 bits per heavy atom. The van der Waals surface area contributed by atoms with Crippen LogP contribution in [0.1, 0.15) is 15.9 Å². The molecule has 0 saturated carbocycles. The molecule has 0 fully saturated rings. The second-order valence-electron chi connectivity index (χ2n) is 5.54. The van der Waals surface area contributed by atoms with Gasteiger partial charge in [0.15, 0.2) is 6.61 Å². The molecule has 2 amide bonds. The minimum Gasteiger partial charge on any atom is -0.488 e. The number of hydrogen-bond acceptors (Lipinski definition) is 4. The molecule has 3 rings (SSSR count). The van der Waals surface area contributed by atoms with Gasteiger partial charge in [-0.2, -0.15) is 0 Å². The smallest absolute Gasteiger partial charge is 0.258 e. The van der Waals surface area contributed by atoms with Crippen LogP contribution in [-0.2, 0) is 11.2 Å². The van der Waals surface area contributed by atoms with Gasteiger partial charge in [0.25, 0.3) is 5.91 Å². The monoisotopic (exact) mass is 326 g/mol. The van der Waals surface area contributed by atoms with Crippen molar-refractivity contribution in [1.82, 2.24) is 5.32 Å². The van der Waals surface area contributed by atoms with E-state index < -0.39 is 5.91 Å². The number of amides is 2. The highest BCUT2D eigenvalue weighted by Crippen LogP contribution is 2.27. The van der Waals surface area contributed by atoms with E-state index in [9.17, 15) is 9.59 Å². The van der Waals surface area contributed by atoms with Gasteiger partial charge in [0.05, 0.1) is 6.54 Å².